The largest absolute Gasteiger partial charge is 0.396 e. The highest BCUT2D eigenvalue weighted by Crippen LogP contribution is 2.15. The predicted molar refractivity (Wildman–Crippen MR) is 66.5 cm³/mol. The van der Waals surface area contributed by atoms with Crippen LogP contribution in [-0.4, -0.2) is 57.8 Å². The lowest BCUT2D eigenvalue weighted by Crippen LogP contribution is -2.56. The number of carbonyl (C=O) groups is 1. The number of nitrogens with two attached hydrogens (primary N) is 1. The highest BCUT2D eigenvalue weighted by molar-refractivity contribution is 5.77. The van der Waals surface area contributed by atoms with Gasteiger partial charge in [-0.15, -0.1) is 0 Å². The van der Waals surface area contributed by atoms with E-state index in [1.165, 1.54) is 6.92 Å². The Morgan fingerprint density at radius 2 is 2.30 bits per heavy atom. The Hall–Kier alpha value is -1.75. The lowest BCUT2D eigenvalue weighted by molar-refractivity contribution is -0.432. The molecule has 114 valence electrons. The molecule has 1 heterocycles. The van der Waals surface area contributed by atoms with Crippen LogP contribution in [0.4, 0.5) is 4.79 Å². The molecule has 2 unspecified atom stereocenters. The average molecular weight is 290 g/mol. The molecule has 0 radical (unpaired) electrons. The molecule has 3 atom stereocenters. The summed E-state index contributed by atoms with van der Waals surface area (Å²) in [5.41, 5.74) is 5.05. The topological polar surface area (TPSA) is 151 Å². The first-order valence-electron chi connectivity index (χ1n) is 5.98. The van der Waals surface area contributed by atoms with Gasteiger partial charge in [-0.1, -0.05) is 0 Å². The number of aliphatic hydroxyl groups is 2. The molecule has 0 spiro atoms. The summed E-state index contributed by atoms with van der Waals surface area (Å²) < 4.78 is 5.36. The average Bonchev–Trinajstić information content (AvgIpc) is 2.37. The molecule has 0 bridgehead atoms. The highest BCUT2D eigenvalue weighted by Gasteiger charge is 2.34. The number of nitro groups is 1. The molecule has 0 saturated heterocycles. The Morgan fingerprint density at radius 1 is 1.65 bits per heavy atom. The number of ether oxygens (including phenoxy) is 1. The van der Waals surface area contributed by atoms with Gasteiger partial charge in [-0.2, -0.15) is 0 Å². The summed E-state index contributed by atoms with van der Waals surface area (Å²) in [6, 6.07) is -0.642. The third-order valence-electron chi connectivity index (χ3n) is 2.75. The summed E-state index contributed by atoms with van der Waals surface area (Å²) in [7, 11) is 0. The summed E-state index contributed by atoms with van der Waals surface area (Å²) in [6.07, 6.45) is -1.54. The Bertz CT molecular complexity index is 401. The first-order chi connectivity index (χ1) is 9.40. The summed E-state index contributed by atoms with van der Waals surface area (Å²) in [6.45, 7) is 0.960. The number of amides is 2. The van der Waals surface area contributed by atoms with Gasteiger partial charge in [-0.05, 0) is 13.3 Å². The fourth-order valence-corrected chi connectivity index (χ4v) is 1.68. The second-order valence-electron chi connectivity index (χ2n) is 4.20. The van der Waals surface area contributed by atoms with Crippen LogP contribution in [0.3, 0.4) is 0 Å². The van der Waals surface area contributed by atoms with Crippen molar-refractivity contribution in [2.24, 2.45) is 5.73 Å². The molecule has 0 aromatic carbocycles. The van der Waals surface area contributed by atoms with Crippen molar-refractivity contribution < 1.29 is 24.7 Å². The zero-order chi connectivity index (χ0) is 15.3. The van der Waals surface area contributed by atoms with Gasteiger partial charge in [0.15, 0.2) is 6.17 Å². The van der Waals surface area contributed by atoms with E-state index in [-0.39, 0.29) is 25.3 Å². The van der Waals surface area contributed by atoms with Crippen LogP contribution >= 0.6 is 0 Å². The van der Waals surface area contributed by atoms with Crippen molar-refractivity contribution in [2.75, 3.05) is 13.2 Å². The number of rotatable bonds is 7. The summed E-state index contributed by atoms with van der Waals surface area (Å²) in [4.78, 5) is 22.8. The van der Waals surface area contributed by atoms with Gasteiger partial charge in [0.05, 0.1) is 23.8 Å². The third-order valence-corrected chi connectivity index (χ3v) is 2.75. The van der Waals surface area contributed by atoms with E-state index in [0.717, 1.165) is 11.1 Å². The quantitative estimate of drug-likeness (QED) is 0.329. The molecule has 20 heavy (non-hydrogen) atoms. The van der Waals surface area contributed by atoms with Crippen LogP contribution in [0.25, 0.3) is 0 Å². The van der Waals surface area contributed by atoms with E-state index < -0.39 is 29.5 Å². The van der Waals surface area contributed by atoms with Crippen LogP contribution in [0.5, 0.6) is 0 Å². The third kappa shape index (κ3) is 3.87. The van der Waals surface area contributed by atoms with Gasteiger partial charge in [0.2, 0.25) is 0 Å². The number of nitrogens with zero attached hydrogens (tertiary/aromatic N) is 2. The number of aliphatic hydroxyl groups excluding tert-OH is 2. The Kier molecular flexibility index (Phi) is 5.82. The fraction of sp³-hybridized carbons (Fsp3) is 0.700. The number of hydrogen-bond donors (Lipinski definition) is 4. The lowest BCUT2D eigenvalue weighted by atomic mass is 10.2. The molecule has 0 fully saturated rings. The van der Waals surface area contributed by atoms with Crippen molar-refractivity contribution in [1.29, 1.82) is 0 Å². The molecular formula is C10H18N4O6. The van der Waals surface area contributed by atoms with E-state index >= 15 is 0 Å². The first-order valence-corrected chi connectivity index (χ1v) is 5.98. The first kappa shape index (κ1) is 16.3. The molecule has 10 heteroatoms. The van der Waals surface area contributed by atoms with Gasteiger partial charge in [0, 0.05) is 6.61 Å². The van der Waals surface area contributed by atoms with Gasteiger partial charge in [0.1, 0.15) is 6.23 Å². The molecular weight excluding hydrogens is 272 g/mol. The molecule has 1 aliphatic heterocycles. The van der Waals surface area contributed by atoms with Crippen molar-refractivity contribution in [3.8, 4) is 0 Å². The minimum atomic E-state index is -1.19. The molecule has 2 amide bonds. The molecule has 1 rings (SSSR count). The summed E-state index contributed by atoms with van der Waals surface area (Å²) in [5, 5.41) is 30.9. The smallest absolute Gasteiger partial charge is 0.325 e. The van der Waals surface area contributed by atoms with Crippen LogP contribution in [-0.2, 0) is 4.74 Å². The predicted octanol–water partition coefficient (Wildman–Crippen LogP) is -1.48. The summed E-state index contributed by atoms with van der Waals surface area (Å²) >= 11 is 0. The van der Waals surface area contributed by atoms with E-state index in [1.54, 1.807) is 0 Å². The monoisotopic (exact) mass is 290 g/mol. The van der Waals surface area contributed by atoms with Crippen molar-refractivity contribution in [1.82, 2.24) is 10.2 Å². The van der Waals surface area contributed by atoms with E-state index in [1.807, 2.05) is 0 Å². The number of hydrogen-bond acceptors (Lipinski definition) is 7. The fourth-order valence-electron chi connectivity index (χ4n) is 1.68. The van der Waals surface area contributed by atoms with Gasteiger partial charge in [-0.25, -0.2) is 4.79 Å². The van der Waals surface area contributed by atoms with E-state index in [0.29, 0.717) is 0 Å². The second-order valence-corrected chi connectivity index (χ2v) is 4.20. The van der Waals surface area contributed by atoms with E-state index in [9.17, 15) is 14.9 Å². The van der Waals surface area contributed by atoms with Crippen LogP contribution < -0.4 is 11.1 Å². The molecule has 0 aromatic rings. The maximum atomic E-state index is 11.7. The second kappa shape index (κ2) is 7.14. The number of carbonyl (C=O) groups excluding carboxylic acids is 1. The summed E-state index contributed by atoms with van der Waals surface area (Å²) in [5.74, 6) is 0. The minimum Gasteiger partial charge on any atom is -0.396 e. The molecule has 10 nitrogen and oxygen atoms in total. The van der Waals surface area contributed by atoms with Gasteiger partial charge in [0.25, 0.3) is 5.70 Å². The maximum absolute atomic E-state index is 11.7. The zero-order valence-corrected chi connectivity index (χ0v) is 10.9. The minimum absolute atomic E-state index is 0.182. The highest BCUT2D eigenvalue weighted by atomic mass is 16.6. The van der Waals surface area contributed by atoms with Crippen molar-refractivity contribution in [2.45, 2.75) is 31.8 Å². The Balaban J connectivity index is 2.82. The van der Waals surface area contributed by atoms with Crippen molar-refractivity contribution in [3.63, 3.8) is 0 Å². The maximum Gasteiger partial charge on any atom is 0.325 e. The number of nitrogens with one attached hydrogen (secondary N) is 1. The van der Waals surface area contributed by atoms with Gasteiger partial charge in [-0.3, -0.25) is 15.0 Å². The van der Waals surface area contributed by atoms with Crippen LogP contribution in [0, 0.1) is 10.1 Å². The number of urea groups is 1. The van der Waals surface area contributed by atoms with Gasteiger partial charge >= 0.3 is 6.03 Å². The Labute approximate surface area is 114 Å². The zero-order valence-electron chi connectivity index (χ0n) is 10.9. The molecule has 0 aliphatic carbocycles. The van der Waals surface area contributed by atoms with Crippen LogP contribution in [0.1, 0.15) is 13.3 Å². The van der Waals surface area contributed by atoms with Gasteiger partial charge < -0.3 is 26.0 Å². The lowest BCUT2D eigenvalue weighted by Gasteiger charge is -2.32. The van der Waals surface area contributed by atoms with E-state index in [2.05, 4.69) is 5.32 Å². The van der Waals surface area contributed by atoms with Crippen molar-refractivity contribution >= 4 is 6.03 Å². The molecule has 5 N–H and O–H groups in total. The standard InChI is InChI=1S/C10H18N4O6/c1-6(20-7(5-16)2-3-15)13-4-8(14(18)19)9(11)12-10(13)17/h4,6-7,9,15-16H,2-3,5,11H2,1H3,(H,12,17)/t6?,7-,9?/m0/s1. The van der Waals surface area contributed by atoms with Crippen molar-refractivity contribution in [3.05, 3.63) is 22.0 Å². The molecule has 0 aromatic heterocycles. The van der Waals surface area contributed by atoms with Crippen LogP contribution in [0.2, 0.25) is 0 Å². The normalized spacial score (nSPS) is 22.0. The molecule has 1 aliphatic rings. The van der Waals surface area contributed by atoms with E-state index in [4.69, 9.17) is 20.7 Å². The van der Waals surface area contributed by atoms with Crippen LogP contribution in [0.15, 0.2) is 11.9 Å². The Morgan fingerprint density at radius 3 is 2.80 bits per heavy atom. The molecule has 0 saturated carbocycles. The SMILES string of the molecule is CC(O[C@H](CO)CCO)N1C=C([N+](=O)[O-])C(N)NC1=O.